The average molecular weight is 239 g/mol. The smallest absolute Gasteiger partial charge is 0.243 e. The van der Waals surface area contributed by atoms with Crippen molar-refractivity contribution in [1.29, 1.82) is 0 Å². The van der Waals surface area contributed by atoms with Crippen LogP contribution in [0.25, 0.3) is 0 Å². The zero-order valence-corrected chi connectivity index (χ0v) is 10.6. The van der Waals surface area contributed by atoms with E-state index in [1.54, 1.807) is 7.11 Å². The number of methoxy groups -OCH3 is 1. The predicted molar refractivity (Wildman–Crippen MR) is 63.6 cm³/mol. The van der Waals surface area contributed by atoms with Crippen LogP contribution in [0.1, 0.15) is 62.9 Å². The van der Waals surface area contributed by atoms with Crippen LogP contribution >= 0.6 is 0 Å². The van der Waals surface area contributed by atoms with E-state index in [0.29, 0.717) is 11.7 Å². The summed E-state index contributed by atoms with van der Waals surface area (Å²) in [7, 11) is 1.67. The first-order valence-corrected chi connectivity index (χ1v) is 6.44. The van der Waals surface area contributed by atoms with Crippen LogP contribution in [0.4, 0.5) is 0 Å². The molecular weight excluding hydrogens is 218 g/mol. The second kappa shape index (κ2) is 6.12. The number of nitrogens with zero attached hydrogens (tertiary/aromatic N) is 2. The van der Waals surface area contributed by atoms with Gasteiger partial charge in [0.1, 0.15) is 6.10 Å². The van der Waals surface area contributed by atoms with Gasteiger partial charge < -0.3 is 14.6 Å². The van der Waals surface area contributed by atoms with E-state index in [9.17, 15) is 0 Å². The standard InChI is InChI=1S/C12H21N3O2/c1-3-10(16-2)11-14-12(17-15-11)9-7-5-4-6-8-13-9/h9-10,13H,3-8H2,1-2H3. The molecule has 0 spiro atoms. The lowest BCUT2D eigenvalue weighted by Gasteiger charge is -2.10. The van der Waals surface area contributed by atoms with Gasteiger partial charge in [-0.2, -0.15) is 4.98 Å². The summed E-state index contributed by atoms with van der Waals surface area (Å²) in [5.41, 5.74) is 0. The van der Waals surface area contributed by atoms with Gasteiger partial charge in [0.05, 0.1) is 6.04 Å². The van der Waals surface area contributed by atoms with Crippen molar-refractivity contribution in [2.24, 2.45) is 0 Å². The normalized spacial score (nSPS) is 23.3. The molecule has 2 unspecified atom stereocenters. The van der Waals surface area contributed by atoms with Crippen LogP contribution in [0.2, 0.25) is 0 Å². The minimum atomic E-state index is -0.0571. The molecular formula is C12H21N3O2. The lowest BCUT2D eigenvalue weighted by Crippen LogP contribution is -2.20. The van der Waals surface area contributed by atoms with Crippen molar-refractivity contribution in [1.82, 2.24) is 15.5 Å². The highest BCUT2D eigenvalue weighted by Crippen LogP contribution is 2.23. The van der Waals surface area contributed by atoms with Crippen LogP contribution in [-0.2, 0) is 4.74 Å². The van der Waals surface area contributed by atoms with Crippen LogP contribution in [0, 0.1) is 0 Å². The summed E-state index contributed by atoms with van der Waals surface area (Å²) in [6, 6.07) is 0.216. The van der Waals surface area contributed by atoms with E-state index >= 15 is 0 Å². The molecule has 0 radical (unpaired) electrons. The number of nitrogens with one attached hydrogen (secondary N) is 1. The lowest BCUT2D eigenvalue weighted by molar-refractivity contribution is 0.0903. The largest absolute Gasteiger partial charge is 0.373 e. The molecule has 1 aliphatic heterocycles. The highest BCUT2D eigenvalue weighted by atomic mass is 16.5. The summed E-state index contributed by atoms with van der Waals surface area (Å²) in [4.78, 5) is 4.45. The maximum Gasteiger partial charge on any atom is 0.243 e. The molecule has 0 amide bonds. The fourth-order valence-corrected chi connectivity index (χ4v) is 2.21. The maximum absolute atomic E-state index is 5.34. The molecule has 1 N–H and O–H groups in total. The third-order valence-electron chi connectivity index (χ3n) is 3.26. The number of hydrogen-bond acceptors (Lipinski definition) is 5. The summed E-state index contributed by atoms with van der Waals surface area (Å²) < 4.78 is 10.6. The molecule has 1 fully saturated rings. The van der Waals surface area contributed by atoms with Crippen molar-refractivity contribution in [2.75, 3.05) is 13.7 Å². The van der Waals surface area contributed by atoms with Crippen molar-refractivity contribution in [3.63, 3.8) is 0 Å². The average Bonchev–Trinajstić information content (AvgIpc) is 2.67. The first-order chi connectivity index (χ1) is 8.35. The minimum absolute atomic E-state index is 0.0571. The number of hydrogen-bond donors (Lipinski definition) is 1. The fraction of sp³-hybridized carbons (Fsp3) is 0.833. The molecule has 1 saturated heterocycles. The highest BCUT2D eigenvalue weighted by Gasteiger charge is 2.22. The van der Waals surface area contributed by atoms with Gasteiger partial charge >= 0.3 is 0 Å². The van der Waals surface area contributed by atoms with Gasteiger partial charge in [-0.3, -0.25) is 0 Å². The van der Waals surface area contributed by atoms with Crippen molar-refractivity contribution in [2.45, 2.75) is 51.2 Å². The van der Waals surface area contributed by atoms with Gasteiger partial charge in [-0.15, -0.1) is 0 Å². The second-order valence-electron chi connectivity index (χ2n) is 4.48. The van der Waals surface area contributed by atoms with Crippen molar-refractivity contribution < 1.29 is 9.26 Å². The summed E-state index contributed by atoms with van der Waals surface area (Å²) in [5, 5.41) is 7.46. The van der Waals surface area contributed by atoms with Gasteiger partial charge in [-0.1, -0.05) is 24.9 Å². The third kappa shape index (κ3) is 3.04. The Morgan fingerprint density at radius 1 is 1.47 bits per heavy atom. The van der Waals surface area contributed by atoms with E-state index in [2.05, 4.69) is 15.5 Å². The predicted octanol–water partition coefficient (Wildman–Crippen LogP) is 2.37. The molecule has 0 saturated carbocycles. The van der Waals surface area contributed by atoms with Gasteiger partial charge in [-0.25, -0.2) is 0 Å². The van der Waals surface area contributed by atoms with Gasteiger partial charge in [0, 0.05) is 7.11 Å². The Kier molecular flexibility index (Phi) is 4.50. The summed E-state index contributed by atoms with van der Waals surface area (Å²) in [5.74, 6) is 1.37. The zero-order chi connectivity index (χ0) is 12.1. The van der Waals surface area contributed by atoms with E-state index in [-0.39, 0.29) is 12.1 Å². The minimum Gasteiger partial charge on any atom is -0.373 e. The highest BCUT2D eigenvalue weighted by molar-refractivity contribution is 4.96. The number of rotatable bonds is 4. The van der Waals surface area contributed by atoms with Gasteiger partial charge in [0.15, 0.2) is 0 Å². The van der Waals surface area contributed by atoms with E-state index in [1.807, 2.05) is 6.92 Å². The molecule has 96 valence electrons. The molecule has 5 heteroatoms. The van der Waals surface area contributed by atoms with Crippen LogP contribution in [0.15, 0.2) is 4.52 Å². The van der Waals surface area contributed by atoms with Crippen LogP contribution in [-0.4, -0.2) is 23.8 Å². The Hall–Kier alpha value is -0.940. The molecule has 5 nitrogen and oxygen atoms in total. The molecule has 2 rings (SSSR count). The fourth-order valence-electron chi connectivity index (χ4n) is 2.21. The monoisotopic (exact) mass is 239 g/mol. The van der Waals surface area contributed by atoms with E-state index in [0.717, 1.165) is 19.4 Å². The van der Waals surface area contributed by atoms with Gasteiger partial charge in [0.2, 0.25) is 11.7 Å². The van der Waals surface area contributed by atoms with Crippen molar-refractivity contribution in [3.8, 4) is 0 Å². The summed E-state index contributed by atoms with van der Waals surface area (Å²) in [6.07, 6.45) is 5.60. The van der Waals surface area contributed by atoms with Crippen LogP contribution in [0.5, 0.6) is 0 Å². The Bertz CT molecular complexity index is 328. The van der Waals surface area contributed by atoms with Gasteiger partial charge in [-0.05, 0) is 25.8 Å². The molecule has 17 heavy (non-hydrogen) atoms. The van der Waals surface area contributed by atoms with Crippen LogP contribution in [0.3, 0.4) is 0 Å². The maximum atomic E-state index is 5.34. The van der Waals surface area contributed by atoms with Crippen molar-refractivity contribution in [3.05, 3.63) is 11.7 Å². The van der Waals surface area contributed by atoms with Gasteiger partial charge in [0.25, 0.3) is 0 Å². The summed E-state index contributed by atoms with van der Waals surface area (Å²) in [6.45, 7) is 3.08. The molecule has 2 atom stereocenters. The topological polar surface area (TPSA) is 60.2 Å². The Labute approximate surface area is 102 Å². The SMILES string of the molecule is CCC(OC)c1noc(C2CCCCCN2)n1. The van der Waals surface area contributed by atoms with E-state index < -0.39 is 0 Å². The Morgan fingerprint density at radius 3 is 3.12 bits per heavy atom. The second-order valence-corrected chi connectivity index (χ2v) is 4.48. The molecule has 1 aromatic heterocycles. The first kappa shape index (κ1) is 12.5. The Balaban J connectivity index is 2.05. The molecule has 0 aliphatic carbocycles. The van der Waals surface area contributed by atoms with Crippen molar-refractivity contribution >= 4 is 0 Å². The molecule has 0 bridgehead atoms. The van der Waals surface area contributed by atoms with Crippen LogP contribution < -0.4 is 5.32 Å². The molecule has 1 aromatic rings. The third-order valence-corrected chi connectivity index (χ3v) is 3.26. The molecule has 1 aliphatic rings. The summed E-state index contributed by atoms with van der Waals surface area (Å²) >= 11 is 0. The first-order valence-electron chi connectivity index (χ1n) is 6.44. The number of aromatic nitrogens is 2. The van der Waals surface area contributed by atoms with E-state index in [1.165, 1.54) is 19.3 Å². The molecule has 0 aromatic carbocycles. The quantitative estimate of drug-likeness (QED) is 0.874. The molecule has 2 heterocycles. The van der Waals surface area contributed by atoms with E-state index in [4.69, 9.17) is 9.26 Å². The zero-order valence-electron chi connectivity index (χ0n) is 10.6. The Morgan fingerprint density at radius 2 is 2.35 bits per heavy atom. The lowest BCUT2D eigenvalue weighted by atomic mass is 10.1. The number of ether oxygens (including phenoxy) is 1.